The number of aromatic nitrogens is 1. The Kier molecular flexibility index (Phi) is 4.64. The molecule has 27 heavy (non-hydrogen) atoms. The van der Waals surface area contributed by atoms with Crippen LogP contribution in [0.15, 0.2) is 75.7 Å². The van der Waals surface area contributed by atoms with Gasteiger partial charge in [0.05, 0.1) is 12.5 Å². The molecule has 0 aliphatic heterocycles. The lowest BCUT2D eigenvalue weighted by Gasteiger charge is -2.06. The number of fused-ring (bicyclic) bond motifs is 1. The minimum absolute atomic E-state index is 0.204. The van der Waals surface area contributed by atoms with E-state index in [1.54, 1.807) is 49.6 Å². The highest BCUT2D eigenvalue weighted by atomic mass is 79.9. The van der Waals surface area contributed by atoms with Gasteiger partial charge < -0.3 is 14.6 Å². The Balaban J connectivity index is 1.64. The number of nitrogens with zero attached hydrogens (tertiary/aromatic N) is 1. The fourth-order valence-corrected chi connectivity index (χ4v) is 3.03. The summed E-state index contributed by atoms with van der Waals surface area (Å²) >= 11 is 3.42. The molecule has 0 fully saturated rings. The molecule has 0 radical (unpaired) electrons. The fourth-order valence-electron chi connectivity index (χ4n) is 2.77. The lowest BCUT2D eigenvalue weighted by Crippen LogP contribution is -2.11. The Labute approximate surface area is 164 Å². The number of hydrogen-bond acceptors (Lipinski definition) is 4. The van der Waals surface area contributed by atoms with E-state index in [0.29, 0.717) is 22.5 Å². The lowest BCUT2D eigenvalue weighted by molar-refractivity contribution is 0.102. The van der Waals surface area contributed by atoms with Crippen molar-refractivity contribution in [3.05, 3.63) is 76.8 Å². The molecule has 0 saturated heterocycles. The van der Waals surface area contributed by atoms with Gasteiger partial charge in [-0.15, -0.1) is 0 Å². The van der Waals surface area contributed by atoms with Crippen LogP contribution in [-0.4, -0.2) is 18.2 Å². The van der Waals surface area contributed by atoms with Crippen LogP contribution >= 0.6 is 15.9 Å². The van der Waals surface area contributed by atoms with Crippen LogP contribution in [0.5, 0.6) is 5.75 Å². The molecule has 0 bridgehead atoms. The molecule has 4 rings (SSSR count). The van der Waals surface area contributed by atoms with E-state index >= 15 is 0 Å². The van der Waals surface area contributed by atoms with Gasteiger partial charge in [0.25, 0.3) is 5.91 Å². The summed E-state index contributed by atoms with van der Waals surface area (Å²) in [6, 6.07) is 20.2. The second-order valence-corrected chi connectivity index (χ2v) is 6.85. The second kappa shape index (κ2) is 7.25. The van der Waals surface area contributed by atoms with Crippen LogP contribution in [0.3, 0.4) is 0 Å². The molecule has 4 aromatic rings. The molecule has 3 aromatic carbocycles. The highest BCUT2D eigenvalue weighted by molar-refractivity contribution is 9.10. The van der Waals surface area contributed by atoms with Gasteiger partial charge in [-0.3, -0.25) is 4.79 Å². The summed E-state index contributed by atoms with van der Waals surface area (Å²) in [7, 11) is 1.60. The van der Waals surface area contributed by atoms with Crippen LogP contribution in [-0.2, 0) is 0 Å². The predicted octanol–water partition coefficient (Wildman–Crippen LogP) is 5.52. The number of anilines is 1. The molecule has 0 aliphatic carbocycles. The van der Waals surface area contributed by atoms with Crippen LogP contribution in [0, 0.1) is 0 Å². The average molecular weight is 423 g/mol. The maximum absolute atomic E-state index is 12.6. The summed E-state index contributed by atoms with van der Waals surface area (Å²) in [6.45, 7) is 0. The van der Waals surface area contributed by atoms with Crippen molar-refractivity contribution in [2.75, 3.05) is 12.4 Å². The maximum atomic E-state index is 12.6. The van der Waals surface area contributed by atoms with E-state index < -0.39 is 0 Å². The highest BCUT2D eigenvalue weighted by Crippen LogP contribution is 2.30. The molecular formula is C21H15BrN2O3. The highest BCUT2D eigenvalue weighted by Gasteiger charge is 2.14. The summed E-state index contributed by atoms with van der Waals surface area (Å²) in [5, 5.41) is 7.76. The Morgan fingerprint density at radius 1 is 1.04 bits per heavy atom. The third kappa shape index (κ3) is 3.57. The Morgan fingerprint density at radius 3 is 2.48 bits per heavy atom. The van der Waals surface area contributed by atoms with E-state index in [4.69, 9.17) is 9.26 Å². The van der Waals surface area contributed by atoms with Crippen molar-refractivity contribution >= 4 is 38.4 Å². The van der Waals surface area contributed by atoms with Gasteiger partial charge in [-0.25, -0.2) is 0 Å². The first-order valence-electron chi connectivity index (χ1n) is 8.25. The molecule has 1 heterocycles. The summed E-state index contributed by atoms with van der Waals surface area (Å²) in [4.78, 5) is 12.6. The molecule has 1 aromatic heterocycles. The van der Waals surface area contributed by atoms with Crippen LogP contribution in [0.2, 0.25) is 0 Å². The number of methoxy groups -OCH3 is 1. The number of halogens is 1. The van der Waals surface area contributed by atoms with Gasteiger partial charge >= 0.3 is 0 Å². The smallest absolute Gasteiger partial charge is 0.255 e. The number of ether oxygens (including phenoxy) is 1. The fraction of sp³-hybridized carbons (Fsp3) is 0.0476. The molecule has 0 atom stereocenters. The number of rotatable bonds is 4. The minimum atomic E-state index is -0.204. The van der Waals surface area contributed by atoms with Crippen molar-refractivity contribution in [1.82, 2.24) is 5.16 Å². The minimum Gasteiger partial charge on any atom is -0.497 e. The number of benzene rings is 3. The number of nitrogens with one attached hydrogen (secondary N) is 1. The number of carbonyl (C=O) groups is 1. The molecule has 0 aliphatic rings. The standard InChI is InChI=1S/C21H15BrN2O3/c1-26-17-9-7-16(8-10-17)23-21(25)14-4-11-19-18(12-14)20(27-24-19)13-2-5-15(22)6-3-13/h2-12H,1H3,(H,23,25). The SMILES string of the molecule is COc1ccc(NC(=O)c2ccc3noc(-c4ccc(Br)cc4)c3c2)cc1. The average Bonchev–Trinajstić information content (AvgIpc) is 3.12. The molecular weight excluding hydrogens is 408 g/mol. The molecule has 5 nitrogen and oxygen atoms in total. The van der Waals surface area contributed by atoms with Gasteiger partial charge in [0.15, 0.2) is 5.76 Å². The first-order chi connectivity index (χ1) is 13.1. The Morgan fingerprint density at radius 2 is 1.78 bits per heavy atom. The molecule has 6 heteroatoms. The first kappa shape index (κ1) is 17.3. The van der Waals surface area contributed by atoms with Crippen LogP contribution in [0.1, 0.15) is 10.4 Å². The van der Waals surface area contributed by atoms with Gasteiger partial charge in [-0.1, -0.05) is 21.1 Å². The van der Waals surface area contributed by atoms with E-state index in [1.807, 2.05) is 24.3 Å². The topological polar surface area (TPSA) is 64.4 Å². The summed E-state index contributed by atoms with van der Waals surface area (Å²) in [5.74, 6) is 1.17. The van der Waals surface area contributed by atoms with Crippen LogP contribution in [0.25, 0.3) is 22.2 Å². The second-order valence-electron chi connectivity index (χ2n) is 5.93. The van der Waals surface area contributed by atoms with E-state index in [0.717, 1.165) is 21.2 Å². The van der Waals surface area contributed by atoms with Crippen molar-refractivity contribution < 1.29 is 14.1 Å². The van der Waals surface area contributed by atoms with Gasteiger partial charge in [-0.2, -0.15) is 0 Å². The maximum Gasteiger partial charge on any atom is 0.255 e. The zero-order valence-electron chi connectivity index (χ0n) is 14.4. The predicted molar refractivity (Wildman–Crippen MR) is 108 cm³/mol. The molecule has 134 valence electrons. The van der Waals surface area contributed by atoms with Gasteiger partial charge in [0.2, 0.25) is 0 Å². The van der Waals surface area contributed by atoms with Crippen molar-refractivity contribution in [3.8, 4) is 17.1 Å². The van der Waals surface area contributed by atoms with Gasteiger partial charge in [0, 0.05) is 21.3 Å². The van der Waals surface area contributed by atoms with E-state index in [2.05, 4.69) is 26.4 Å². The van der Waals surface area contributed by atoms with Gasteiger partial charge in [0.1, 0.15) is 11.3 Å². The first-order valence-corrected chi connectivity index (χ1v) is 9.04. The quantitative estimate of drug-likeness (QED) is 0.470. The number of hydrogen-bond donors (Lipinski definition) is 1. The van der Waals surface area contributed by atoms with Crippen molar-refractivity contribution in [2.45, 2.75) is 0 Å². The molecule has 0 saturated carbocycles. The summed E-state index contributed by atoms with van der Waals surface area (Å²) in [5.41, 5.74) is 2.82. The molecule has 0 spiro atoms. The normalized spacial score (nSPS) is 10.7. The third-order valence-corrected chi connectivity index (χ3v) is 4.72. The third-order valence-electron chi connectivity index (χ3n) is 4.19. The lowest BCUT2D eigenvalue weighted by atomic mass is 10.1. The zero-order valence-corrected chi connectivity index (χ0v) is 16.0. The largest absolute Gasteiger partial charge is 0.497 e. The summed E-state index contributed by atoms with van der Waals surface area (Å²) < 4.78 is 11.6. The van der Waals surface area contributed by atoms with Gasteiger partial charge in [-0.05, 0) is 66.7 Å². The zero-order chi connectivity index (χ0) is 18.8. The monoisotopic (exact) mass is 422 g/mol. The molecule has 1 amide bonds. The van der Waals surface area contributed by atoms with Crippen LogP contribution < -0.4 is 10.1 Å². The number of amides is 1. The number of carbonyl (C=O) groups excluding carboxylic acids is 1. The Hall–Kier alpha value is -3.12. The molecule has 1 N–H and O–H groups in total. The van der Waals surface area contributed by atoms with Crippen molar-refractivity contribution in [2.24, 2.45) is 0 Å². The van der Waals surface area contributed by atoms with Crippen molar-refractivity contribution in [3.63, 3.8) is 0 Å². The van der Waals surface area contributed by atoms with Crippen LogP contribution in [0.4, 0.5) is 5.69 Å². The van der Waals surface area contributed by atoms with E-state index in [9.17, 15) is 4.79 Å². The van der Waals surface area contributed by atoms with E-state index in [-0.39, 0.29) is 5.91 Å². The van der Waals surface area contributed by atoms with Crippen molar-refractivity contribution in [1.29, 1.82) is 0 Å². The Bertz CT molecular complexity index is 1100. The summed E-state index contributed by atoms with van der Waals surface area (Å²) in [6.07, 6.45) is 0. The van der Waals surface area contributed by atoms with E-state index in [1.165, 1.54) is 0 Å². The molecule has 0 unspecified atom stereocenters.